The predicted octanol–water partition coefficient (Wildman–Crippen LogP) is 1.96. The number of anilines is 2. The highest BCUT2D eigenvalue weighted by atomic mass is 15.1. The lowest BCUT2D eigenvalue weighted by Crippen LogP contribution is -2.31. The number of hydrogen-bond donors (Lipinski definition) is 1. The quantitative estimate of drug-likeness (QED) is 0.751. The lowest BCUT2D eigenvalue weighted by atomic mass is 10.2. The summed E-state index contributed by atoms with van der Waals surface area (Å²) in [5.74, 6) is 1.03. The summed E-state index contributed by atoms with van der Waals surface area (Å²) in [5, 5.41) is 3.36. The van der Waals surface area contributed by atoms with Crippen molar-refractivity contribution < 1.29 is 4.57 Å². The Morgan fingerprint density at radius 2 is 2.00 bits per heavy atom. The number of benzene rings is 1. The van der Waals surface area contributed by atoms with Crippen LogP contribution in [0.5, 0.6) is 0 Å². The number of rotatable bonds is 2. The first-order chi connectivity index (χ1) is 7.27. The number of nitrogens with one attached hydrogen (secondary N) is 1. The molecule has 3 heteroatoms. The maximum atomic E-state index is 4.03. The second-order valence-electron chi connectivity index (χ2n) is 3.52. The predicted molar refractivity (Wildman–Crippen MR) is 59.9 cm³/mol. The van der Waals surface area contributed by atoms with E-state index in [9.17, 15) is 0 Å². The van der Waals surface area contributed by atoms with Gasteiger partial charge in [-0.1, -0.05) is 18.2 Å². The SMILES string of the molecule is Cc1ccccc1Nc1ccnc[n+]1C. The summed E-state index contributed by atoms with van der Waals surface area (Å²) in [6.45, 7) is 2.09. The summed E-state index contributed by atoms with van der Waals surface area (Å²) in [5.41, 5.74) is 2.36. The van der Waals surface area contributed by atoms with Crippen LogP contribution in [0.1, 0.15) is 5.56 Å². The van der Waals surface area contributed by atoms with Crippen LogP contribution in [0.15, 0.2) is 42.9 Å². The van der Waals surface area contributed by atoms with Gasteiger partial charge in [0.15, 0.2) is 0 Å². The Balaban J connectivity index is 2.30. The van der Waals surface area contributed by atoms with Gasteiger partial charge in [0, 0.05) is 6.07 Å². The first-order valence-corrected chi connectivity index (χ1v) is 4.89. The summed E-state index contributed by atoms with van der Waals surface area (Å²) in [4.78, 5) is 4.03. The molecule has 1 heterocycles. The van der Waals surface area contributed by atoms with Crippen LogP contribution in [-0.4, -0.2) is 4.98 Å². The van der Waals surface area contributed by atoms with Gasteiger partial charge in [0.05, 0.1) is 12.7 Å². The molecule has 0 saturated carbocycles. The Kier molecular flexibility index (Phi) is 2.63. The number of aromatic nitrogens is 2. The lowest BCUT2D eigenvalue weighted by molar-refractivity contribution is -0.660. The highest BCUT2D eigenvalue weighted by molar-refractivity contribution is 5.58. The molecule has 0 aliphatic rings. The number of para-hydroxylation sites is 1. The zero-order chi connectivity index (χ0) is 10.7. The molecule has 3 nitrogen and oxygen atoms in total. The molecular formula is C12H14N3+. The van der Waals surface area contributed by atoms with Gasteiger partial charge in [-0.2, -0.15) is 0 Å². The molecule has 0 spiro atoms. The average molecular weight is 200 g/mol. The molecule has 2 aromatic rings. The standard InChI is InChI=1S/C12H13N3/c1-10-5-3-4-6-11(10)14-12-7-8-13-9-15(12)2/h3-9H,1-2H3/p+1. The van der Waals surface area contributed by atoms with Crippen molar-refractivity contribution in [2.75, 3.05) is 5.32 Å². The molecule has 0 aliphatic heterocycles. The molecule has 1 N–H and O–H groups in total. The molecule has 0 amide bonds. The lowest BCUT2D eigenvalue weighted by Gasteiger charge is -2.05. The van der Waals surface area contributed by atoms with E-state index in [4.69, 9.17) is 0 Å². The van der Waals surface area contributed by atoms with Gasteiger partial charge in [-0.25, -0.2) is 4.57 Å². The molecular weight excluding hydrogens is 186 g/mol. The van der Waals surface area contributed by atoms with Crippen molar-refractivity contribution in [1.29, 1.82) is 0 Å². The van der Waals surface area contributed by atoms with Crippen molar-refractivity contribution in [2.45, 2.75) is 6.92 Å². The van der Waals surface area contributed by atoms with Crippen LogP contribution < -0.4 is 9.88 Å². The summed E-state index contributed by atoms with van der Waals surface area (Å²) in [6.07, 6.45) is 3.56. The fourth-order valence-corrected chi connectivity index (χ4v) is 1.41. The minimum atomic E-state index is 1.03. The van der Waals surface area contributed by atoms with E-state index in [1.165, 1.54) is 5.56 Å². The monoisotopic (exact) mass is 200 g/mol. The van der Waals surface area contributed by atoms with Crippen molar-refractivity contribution in [3.05, 3.63) is 48.4 Å². The smallest absolute Gasteiger partial charge is 0.228 e. The third-order valence-corrected chi connectivity index (χ3v) is 2.35. The molecule has 2 rings (SSSR count). The van der Waals surface area contributed by atoms with E-state index in [0.29, 0.717) is 0 Å². The average Bonchev–Trinajstić information content (AvgIpc) is 2.24. The van der Waals surface area contributed by atoms with E-state index < -0.39 is 0 Å². The van der Waals surface area contributed by atoms with Crippen molar-refractivity contribution in [3.8, 4) is 0 Å². The fraction of sp³-hybridized carbons (Fsp3) is 0.167. The highest BCUT2D eigenvalue weighted by Gasteiger charge is 2.05. The zero-order valence-electron chi connectivity index (χ0n) is 8.94. The van der Waals surface area contributed by atoms with Crippen LogP contribution in [0, 0.1) is 6.92 Å². The molecule has 0 radical (unpaired) electrons. The first-order valence-electron chi connectivity index (χ1n) is 4.89. The molecule has 0 unspecified atom stereocenters. The molecule has 0 aliphatic carbocycles. The van der Waals surface area contributed by atoms with Gasteiger partial charge in [-0.3, -0.25) is 5.32 Å². The van der Waals surface area contributed by atoms with Gasteiger partial charge in [0.25, 0.3) is 0 Å². The molecule has 0 fully saturated rings. The second-order valence-corrected chi connectivity index (χ2v) is 3.52. The maximum absolute atomic E-state index is 4.03. The van der Waals surface area contributed by atoms with Gasteiger partial charge in [0.2, 0.25) is 12.1 Å². The topological polar surface area (TPSA) is 28.8 Å². The Hall–Kier alpha value is -1.90. The van der Waals surface area contributed by atoms with Crippen LogP contribution in [0.4, 0.5) is 11.5 Å². The number of hydrogen-bond acceptors (Lipinski definition) is 2. The Labute approximate surface area is 89.4 Å². The van der Waals surface area contributed by atoms with Crippen LogP contribution in [0.3, 0.4) is 0 Å². The third kappa shape index (κ3) is 2.13. The van der Waals surface area contributed by atoms with Gasteiger partial charge in [-0.15, -0.1) is 4.98 Å². The van der Waals surface area contributed by atoms with Gasteiger partial charge in [0.1, 0.15) is 6.20 Å². The van der Waals surface area contributed by atoms with Crippen LogP contribution >= 0.6 is 0 Å². The molecule has 0 bridgehead atoms. The second kappa shape index (κ2) is 4.09. The summed E-state index contributed by atoms with van der Waals surface area (Å²) < 4.78 is 1.95. The maximum Gasteiger partial charge on any atom is 0.228 e. The van der Waals surface area contributed by atoms with E-state index in [-0.39, 0.29) is 0 Å². The van der Waals surface area contributed by atoms with Crippen LogP contribution in [0.2, 0.25) is 0 Å². The van der Waals surface area contributed by atoms with Gasteiger partial charge < -0.3 is 0 Å². The minimum Gasteiger partial charge on any atom is -0.273 e. The Morgan fingerprint density at radius 3 is 2.73 bits per heavy atom. The largest absolute Gasteiger partial charge is 0.273 e. The molecule has 0 saturated heterocycles. The first kappa shape index (κ1) is 9.65. The highest BCUT2D eigenvalue weighted by Crippen LogP contribution is 2.16. The molecule has 0 atom stereocenters. The van der Waals surface area contributed by atoms with E-state index in [2.05, 4.69) is 29.4 Å². The number of nitrogens with zero attached hydrogens (tertiary/aromatic N) is 2. The van der Waals surface area contributed by atoms with E-state index in [1.54, 1.807) is 12.5 Å². The number of aryl methyl sites for hydroxylation is 2. The van der Waals surface area contributed by atoms with Crippen LogP contribution in [0.25, 0.3) is 0 Å². The summed E-state index contributed by atoms with van der Waals surface area (Å²) >= 11 is 0. The molecule has 1 aromatic heterocycles. The van der Waals surface area contributed by atoms with Gasteiger partial charge >= 0.3 is 0 Å². The third-order valence-electron chi connectivity index (χ3n) is 2.35. The normalized spacial score (nSPS) is 10.0. The minimum absolute atomic E-state index is 1.03. The Morgan fingerprint density at radius 1 is 1.20 bits per heavy atom. The summed E-state index contributed by atoms with van der Waals surface area (Å²) in [6, 6.07) is 10.2. The van der Waals surface area contributed by atoms with Crippen molar-refractivity contribution in [2.24, 2.45) is 7.05 Å². The van der Waals surface area contributed by atoms with Crippen molar-refractivity contribution >= 4 is 11.5 Å². The van der Waals surface area contributed by atoms with E-state index >= 15 is 0 Å². The molecule has 1 aromatic carbocycles. The van der Waals surface area contributed by atoms with Crippen molar-refractivity contribution in [1.82, 2.24) is 4.98 Å². The zero-order valence-corrected chi connectivity index (χ0v) is 8.94. The molecule has 15 heavy (non-hydrogen) atoms. The van der Waals surface area contributed by atoms with E-state index in [0.717, 1.165) is 11.5 Å². The van der Waals surface area contributed by atoms with Crippen molar-refractivity contribution in [3.63, 3.8) is 0 Å². The fourth-order valence-electron chi connectivity index (χ4n) is 1.41. The van der Waals surface area contributed by atoms with E-state index in [1.807, 2.05) is 29.8 Å². The molecule has 76 valence electrons. The van der Waals surface area contributed by atoms with Crippen LogP contribution in [-0.2, 0) is 7.05 Å². The van der Waals surface area contributed by atoms with Gasteiger partial charge in [-0.05, 0) is 18.6 Å². The Bertz CT molecular complexity index is 422. The summed E-state index contributed by atoms with van der Waals surface area (Å²) in [7, 11) is 1.97.